The molecule has 1 aromatic carbocycles. The maximum atomic E-state index is 12.7. The minimum absolute atomic E-state index is 0.0390. The summed E-state index contributed by atoms with van der Waals surface area (Å²) in [6.45, 7) is 5.59. The van der Waals surface area contributed by atoms with Crippen LogP contribution in [0.15, 0.2) is 48.9 Å². The van der Waals surface area contributed by atoms with E-state index in [-0.39, 0.29) is 17.8 Å². The Labute approximate surface area is 168 Å². The van der Waals surface area contributed by atoms with Gasteiger partial charge in [0, 0.05) is 43.1 Å². The van der Waals surface area contributed by atoms with Crippen LogP contribution in [0.1, 0.15) is 28.3 Å². The molecule has 1 fully saturated rings. The highest BCUT2D eigenvalue weighted by Gasteiger charge is 2.27. The smallest absolute Gasteiger partial charge is 0.289 e. The normalized spacial score (nSPS) is 16.6. The Morgan fingerprint density at radius 2 is 2.10 bits per heavy atom. The van der Waals surface area contributed by atoms with Gasteiger partial charge in [0.1, 0.15) is 0 Å². The number of nitrogens with one attached hydrogen (secondary N) is 1. The van der Waals surface area contributed by atoms with Crippen LogP contribution in [0.25, 0.3) is 16.4 Å². The molecule has 0 radical (unpaired) electrons. The summed E-state index contributed by atoms with van der Waals surface area (Å²) < 4.78 is 2.09. The molecule has 1 saturated heterocycles. The van der Waals surface area contributed by atoms with Gasteiger partial charge >= 0.3 is 0 Å². The molecule has 4 heterocycles. The molecule has 1 N–H and O–H groups in total. The van der Waals surface area contributed by atoms with Crippen LogP contribution >= 0.6 is 0 Å². The van der Waals surface area contributed by atoms with Gasteiger partial charge in [-0.3, -0.25) is 4.79 Å². The first-order valence-electron chi connectivity index (χ1n) is 9.80. The summed E-state index contributed by atoms with van der Waals surface area (Å²) in [6, 6.07) is 10.1. The molecule has 146 valence electrons. The van der Waals surface area contributed by atoms with Crippen LogP contribution < -0.4 is 10.2 Å². The summed E-state index contributed by atoms with van der Waals surface area (Å²) in [5.41, 5.74) is 3.97. The molecule has 7 heteroatoms. The number of rotatable bonds is 3. The van der Waals surface area contributed by atoms with Crippen molar-refractivity contribution in [3.8, 4) is 0 Å². The van der Waals surface area contributed by atoms with Gasteiger partial charge in [0.2, 0.25) is 5.82 Å². The molecule has 1 amide bonds. The number of benzene rings is 1. The molecule has 0 bridgehead atoms. The minimum atomic E-state index is -0.232. The van der Waals surface area contributed by atoms with Gasteiger partial charge in [-0.2, -0.15) is 0 Å². The van der Waals surface area contributed by atoms with E-state index in [1.165, 1.54) is 0 Å². The highest BCUT2D eigenvalue weighted by atomic mass is 16.2. The Bertz CT molecular complexity index is 1230. The maximum absolute atomic E-state index is 12.7. The van der Waals surface area contributed by atoms with E-state index >= 15 is 0 Å². The molecular weight excluding hydrogens is 364 g/mol. The van der Waals surface area contributed by atoms with Crippen molar-refractivity contribution in [2.24, 2.45) is 0 Å². The zero-order valence-electron chi connectivity index (χ0n) is 16.5. The molecule has 0 saturated carbocycles. The summed E-state index contributed by atoms with van der Waals surface area (Å²) in [5, 5.41) is 4.03. The number of fused-ring (bicyclic) bond motifs is 2. The molecule has 1 aliphatic heterocycles. The first kappa shape index (κ1) is 17.6. The Hall–Kier alpha value is -3.48. The quantitative estimate of drug-likeness (QED) is 0.586. The molecule has 5 rings (SSSR count). The van der Waals surface area contributed by atoms with Crippen LogP contribution in [0.3, 0.4) is 0 Å². The van der Waals surface area contributed by atoms with E-state index in [0.29, 0.717) is 0 Å². The van der Waals surface area contributed by atoms with E-state index in [4.69, 9.17) is 4.98 Å². The lowest BCUT2D eigenvalue weighted by Crippen LogP contribution is -2.38. The lowest BCUT2D eigenvalue weighted by molar-refractivity contribution is 0.0930. The highest BCUT2D eigenvalue weighted by molar-refractivity contribution is 5.93. The largest absolute Gasteiger partial charge is 0.353 e. The van der Waals surface area contributed by atoms with Crippen molar-refractivity contribution in [3.05, 3.63) is 66.0 Å². The third-order valence-electron chi connectivity index (χ3n) is 5.38. The van der Waals surface area contributed by atoms with Gasteiger partial charge in [-0.15, -0.1) is 0 Å². The number of aromatic nitrogens is 4. The number of aryl methyl sites for hydroxylation is 2. The van der Waals surface area contributed by atoms with E-state index < -0.39 is 0 Å². The van der Waals surface area contributed by atoms with Crippen molar-refractivity contribution in [1.29, 1.82) is 0 Å². The highest BCUT2D eigenvalue weighted by Crippen LogP contribution is 2.24. The Morgan fingerprint density at radius 1 is 1.21 bits per heavy atom. The first-order valence-corrected chi connectivity index (χ1v) is 9.80. The zero-order valence-corrected chi connectivity index (χ0v) is 16.5. The molecule has 1 aliphatic rings. The Kier molecular flexibility index (Phi) is 4.16. The van der Waals surface area contributed by atoms with Gasteiger partial charge < -0.3 is 14.6 Å². The molecule has 0 spiro atoms. The third-order valence-corrected chi connectivity index (χ3v) is 5.38. The first-order chi connectivity index (χ1) is 14.1. The second-order valence-corrected chi connectivity index (χ2v) is 7.67. The van der Waals surface area contributed by atoms with Gasteiger partial charge in [-0.05, 0) is 44.5 Å². The fourth-order valence-corrected chi connectivity index (χ4v) is 3.97. The molecule has 4 aromatic rings. The number of hydrogen-bond acceptors (Lipinski definition) is 5. The van der Waals surface area contributed by atoms with Crippen LogP contribution in [-0.4, -0.2) is 44.4 Å². The predicted molar refractivity (Wildman–Crippen MR) is 112 cm³/mol. The maximum Gasteiger partial charge on any atom is 0.289 e. The second-order valence-electron chi connectivity index (χ2n) is 7.67. The van der Waals surface area contributed by atoms with Gasteiger partial charge in [-0.25, -0.2) is 15.0 Å². The summed E-state index contributed by atoms with van der Waals surface area (Å²) >= 11 is 0. The minimum Gasteiger partial charge on any atom is -0.353 e. The van der Waals surface area contributed by atoms with E-state index in [1.54, 1.807) is 6.20 Å². The summed E-state index contributed by atoms with van der Waals surface area (Å²) in [4.78, 5) is 28.4. The van der Waals surface area contributed by atoms with Gasteiger partial charge in [-0.1, -0.05) is 11.6 Å². The molecule has 7 nitrogen and oxygen atoms in total. The predicted octanol–water partition coefficient (Wildman–Crippen LogP) is 2.90. The lowest BCUT2D eigenvalue weighted by atomic mass is 10.2. The van der Waals surface area contributed by atoms with Crippen molar-refractivity contribution >= 4 is 28.1 Å². The van der Waals surface area contributed by atoms with Crippen molar-refractivity contribution in [2.75, 3.05) is 18.0 Å². The molecule has 1 atom stereocenters. The van der Waals surface area contributed by atoms with Crippen molar-refractivity contribution in [2.45, 2.75) is 26.3 Å². The number of amides is 1. The van der Waals surface area contributed by atoms with Crippen LogP contribution in [0.4, 0.5) is 5.82 Å². The molecule has 3 aromatic heterocycles. The fraction of sp³-hybridized carbons (Fsp3) is 0.273. The summed E-state index contributed by atoms with van der Waals surface area (Å²) in [6.07, 6.45) is 6.63. The van der Waals surface area contributed by atoms with Crippen molar-refractivity contribution in [3.63, 3.8) is 0 Å². The van der Waals surface area contributed by atoms with E-state index in [0.717, 1.165) is 53.0 Å². The van der Waals surface area contributed by atoms with Crippen LogP contribution in [-0.2, 0) is 0 Å². The van der Waals surface area contributed by atoms with Crippen LogP contribution in [0.5, 0.6) is 0 Å². The van der Waals surface area contributed by atoms with E-state index in [1.807, 2.05) is 50.5 Å². The molecule has 0 aliphatic carbocycles. The van der Waals surface area contributed by atoms with Crippen LogP contribution in [0, 0.1) is 13.8 Å². The lowest BCUT2D eigenvalue weighted by Gasteiger charge is -2.19. The standard InChI is InChI=1S/C22H22N6O/c1-14-5-6-18-16(10-14)11-23-20(26-18)22(29)25-17-7-9-28(13-17)21-19-4-3-8-27(19)12-15(2)24-21/h3-6,8,10-12,17H,7,9,13H2,1-2H3,(H,25,29). The number of carbonyl (C=O) groups is 1. The molecular formula is C22H22N6O. The zero-order chi connectivity index (χ0) is 20.0. The molecule has 1 unspecified atom stereocenters. The third kappa shape index (κ3) is 3.29. The van der Waals surface area contributed by atoms with Gasteiger partial charge in [0.15, 0.2) is 5.82 Å². The Morgan fingerprint density at radius 3 is 3.00 bits per heavy atom. The van der Waals surface area contributed by atoms with Crippen molar-refractivity contribution in [1.82, 2.24) is 24.7 Å². The van der Waals surface area contributed by atoms with Crippen LogP contribution in [0.2, 0.25) is 0 Å². The van der Waals surface area contributed by atoms with E-state index in [2.05, 4.69) is 30.7 Å². The number of hydrogen-bond donors (Lipinski definition) is 1. The average molecular weight is 386 g/mol. The van der Waals surface area contributed by atoms with Gasteiger partial charge in [0.25, 0.3) is 5.91 Å². The topological polar surface area (TPSA) is 75.4 Å². The second kappa shape index (κ2) is 6.84. The average Bonchev–Trinajstić information content (AvgIpc) is 3.36. The number of nitrogens with zero attached hydrogens (tertiary/aromatic N) is 5. The monoisotopic (exact) mass is 386 g/mol. The molecule has 29 heavy (non-hydrogen) atoms. The van der Waals surface area contributed by atoms with Gasteiger partial charge in [0.05, 0.1) is 16.7 Å². The van der Waals surface area contributed by atoms with E-state index in [9.17, 15) is 4.79 Å². The summed E-state index contributed by atoms with van der Waals surface area (Å²) in [5.74, 6) is 0.941. The Balaban J connectivity index is 1.32. The SMILES string of the molecule is Cc1ccc2nc(C(=O)NC3CCN(c4nc(C)cn5cccc45)C3)ncc2c1. The van der Waals surface area contributed by atoms with Crippen molar-refractivity contribution < 1.29 is 4.79 Å². The summed E-state index contributed by atoms with van der Waals surface area (Å²) in [7, 11) is 0. The number of carbonyl (C=O) groups excluding carboxylic acids is 1. The number of anilines is 1. The fourth-order valence-electron chi connectivity index (χ4n) is 3.97.